The summed E-state index contributed by atoms with van der Waals surface area (Å²) in [5.74, 6) is 1.43. The molecule has 0 saturated carbocycles. The fourth-order valence-corrected chi connectivity index (χ4v) is 7.70. The van der Waals surface area contributed by atoms with Crippen LogP contribution in [0, 0.1) is 5.92 Å². The first-order valence-electron chi connectivity index (χ1n) is 16.4. The Balaban J connectivity index is 0.00000481. The van der Waals surface area contributed by atoms with Crippen molar-refractivity contribution < 1.29 is 39.8 Å². The summed E-state index contributed by atoms with van der Waals surface area (Å²) in [5, 5.41) is 3.06. The van der Waals surface area contributed by atoms with Crippen LogP contribution in [-0.2, 0) is 48.6 Å². The third-order valence-corrected chi connectivity index (χ3v) is 10.6. The predicted octanol–water partition coefficient (Wildman–Crippen LogP) is 7.20. The molecule has 3 aromatic heterocycles. The van der Waals surface area contributed by atoms with Gasteiger partial charge < -0.3 is 19.7 Å². The number of nitrogens with one attached hydrogen (secondary N) is 1. The third-order valence-electron chi connectivity index (χ3n) is 9.76. The average molecular weight is 807 g/mol. The summed E-state index contributed by atoms with van der Waals surface area (Å²) in [7, 11) is 4.10. The summed E-state index contributed by atoms with van der Waals surface area (Å²) in [4.78, 5) is 47.5. The van der Waals surface area contributed by atoms with Crippen molar-refractivity contribution in [2.45, 2.75) is 37.9 Å². The first-order valence-corrected chi connectivity index (χ1v) is 17.1. The molecule has 4 heterocycles. The Morgan fingerprint density at radius 2 is 1.68 bits per heavy atom. The van der Waals surface area contributed by atoms with Gasteiger partial charge in [-0.1, -0.05) is 53.5 Å². The normalized spacial score (nSPS) is 15.9. The van der Waals surface area contributed by atoms with Crippen molar-refractivity contribution in [1.82, 2.24) is 24.0 Å². The zero-order valence-electron chi connectivity index (χ0n) is 28.6. The van der Waals surface area contributed by atoms with Gasteiger partial charge in [0, 0.05) is 42.4 Å². The zero-order valence-corrected chi connectivity index (χ0v) is 31.3. The van der Waals surface area contributed by atoms with Crippen LogP contribution < -0.4 is 21.3 Å². The molecule has 1 atom stereocenters. The number of pyridine rings is 2. The van der Waals surface area contributed by atoms with Crippen LogP contribution in [0.15, 0.2) is 58.1 Å². The molecule has 0 unspecified atom stereocenters. The van der Waals surface area contributed by atoms with E-state index in [-0.39, 0.29) is 44.7 Å². The minimum atomic E-state index is -4.87. The number of anilines is 2. The Bertz CT molecular complexity index is 2380. The molecule has 1 radical (unpaired) electrons. The number of ether oxygens (including phenoxy) is 1. The second kappa shape index (κ2) is 14.9. The third kappa shape index (κ3) is 6.87. The summed E-state index contributed by atoms with van der Waals surface area (Å²) in [6, 6.07) is 13.1. The summed E-state index contributed by atoms with van der Waals surface area (Å²) < 4.78 is 49.4. The van der Waals surface area contributed by atoms with E-state index in [4.69, 9.17) is 32.9 Å². The van der Waals surface area contributed by atoms with Gasteiger partial charge >= 0.3 is 28.9 Å². The van der Waals surface area contributed by atoms with E-state index in [0.717, 1.165) is 52.6 Å². The molecule has 0 bridgehead atoms. The molecule has 7 rings (SSSR count). The summed E-state index contributed by atoms with van der Waals surface area (Å²) in [6.45, 7) is 1.66. The van der Waals surface area contributed by atoms with Gasteiger partial charge in [0.1, 0.15) is 16.9 Å². The molecule has 53 heavy (non-hydrogen) atoms. The number of methoxy groups -OCH3 is 1. The van der Waals surface area contributed by atoms with E-state index in [1.54, 1.807) is 31.4 Å². The quantitative estimate of drug-likeness (QED) is 0.123. The van der Waals surface area contributed by atoms with Crippen LogP contribution >= 0.6 is 23.2 Å². The molecule has 10 nitrogen and oxygen atoms in total. The first-order chi connectivity index (χ1) is 24.8. The maximum atomic E-state index is 14.0. The summed E-state index contributed by atoms with van der Waals surface area (Å²) in [5.41, 5.74) is 1.38. The molecule has 275 valence electrons. The summed E-state index contributed by atoms with van der Waals surface area (Å²) in [6.07, 6.45) is -0.00229. The van der Waals surface area contributed by atoms with Crippen molar-refractivity contribution in [3.05, 3.63) is 102 Å². The molecule has 2 aromatic carbocycles. The zero-order chi connectivity index (χ0) is 37.1. The van der Waals surface area contributed by atoms with E-state index in [1.807, 2.05) is 18.4 Å². The Kier molecular flexibility index (Phi) is 10.8. The van der Waals surface area contributed by atoms with Crippen LogP contribution in [-0.4, -0.2) is 50.5 Å². The predicted molar refractivity (Wildman–Crippen MR) is 193 cm³/mol. The van der Waals surface area contributed by atoms with E-state index in [0.29, 0.717) is 45.8 Å². The van der Waals surface area contributed by atoms with Crippen molar-refractivity contribution in [1.29, 1.82) is 0 Å². The van der Waals surface area contributed by atoms with Crippen LogP contribution in [0.1, 0.15) is 42.1 Å². The largest absolute Gasteiger partial charge is 2.00 e. The van der Waals surface area contributed by atoms with Gasteiger partial charge in [0.2, 0.25) is 5.88 Å². The Morgan fingerprint density at radius 3 is 2.36 bits per heavy atom. The van der Waals surface area contributed by atoms with Gasteiger partial charge in [-0.2, -0.15) is 26.0 Å². The van der Waals surface area contributed by atoms with Gasteiger partial charge in [-0.3, -0.25) is 26.1 Å². The van der Waals surface area contributed by atoms with E-state index in [1.165, 1.54) is 26.1 Å². The van der Waals surface area contributed by atoms with E-state index < -0.39 is 28.9 Å². The van der Waals surface area contributed by atoms with Gasteiger partial charge in [0.05, 0.1) is 34.1 Å². The number of fused-ring (bicyclic) bond motifs is 2. The van der Waals surface area contributed by atoms with Crippen LogP contribution in [0.3, 0.4) is 0 Å². The number of nitrogens with zero attached hydrogens (tertiary/aromatic N) is 5. The smallest absolute Gasteiger partial charge is 0.542 e. The Morgan fingerprint density at radius 1 is 1.00 bits per heavy atom. The number of likely N-dealkylation sites (tertiary alicyclic amines) is 1. The van der Waals surface area contributed by atoms with Crippen molar-refractivity contribution >= 4 is 51.9 Å². The molecule has 1 aliphatic heterocycles. The number of aryl methyl sites for hydroxylation is 2. The van der Waals surface area contributed by atoms with Crippen LogP contribution in [0.25, 0.3) is 33.3 Å². The number of rotatable bonds is 9. The van der Waals surface area contributed by atoms with Crippen LogP contribution in [0.4, 0.5) is 24.7 Å². The number of hydrogen-bond acceptors (Lipinski definition) is 8. The van der Waals surface area contributed by atoms with Crippen molar-refractivity contribution in [2.75, 3.05) is 25.5 Å². The van der Waals surface area contributed by atoms with Gasteiger partial charge in [0.15, 0.2) is 0 Å². The molecule has 1 N–H and O–H groups in total. The number of halogens is 5. The molecule has 1 fully saturated rings. The second-order valence-electron chi connectivity index (χ2n) is 12.9. The molecular formula is C37H31Cl2F3MnN6O4. The van der Waals surface area contributed by atoms with Gasteiger partial charge in [0.25, 0.3) is 5.56 Å². The van der Waals surface area contributed by atoms with Crippen LogP contribution in [0.5, 0.6) is 5.88 Å². The first kappa shape index (κ1) is 38.5. The SMILES string of the molecule is COc1nc(-c2cccc(-c3cccc(Nc4nc(C(F)(F)F)cc5c4c(=O)n(C)c(=O)n5C)c3Cl)c2Cl)cc2c1[C@@H](N1C[C-](CC[C-]=O)C1)CC2.[Mn+2]. The van der Waals surface area contributed by atoms with Crippen molar-refractivity contribution in [2.24, 2.45) is 14.1 Å². The fourth-order valence-electron chi connectivity index (χ4n) is 7.10. The minimum Gasteiger partial charge on any atom is -0.542 e. The standard InChI is InChI=1S/C37H31Cl2F3N6O4.Mn/c1-46-27-16-28(37(40,41)42)45-33(30(27)35(50)47(2)36(46)51)43-24-11-5-9-22(32(24)39)21-8-4-10-23(31(21)38)25-15-20-12-13-26(29(20)34(44-25)52-3)48-17-19(18-48)7-6-14-49;/h4-5,8-11,15-16,26H,6-7,12-13,17-18H2,1-3H3,(H,43,45);/q-2;+2/t26-;/m0./s1. The molecule has 0 spiro atoms. The number of carbonyl (C=O) groups excluding carboxylic acids is 1. The Hall–Kier alpha value is -4.20. The topological polar surface area (TPSA) is 111 Å². The molecule has 16 heteroatoms. The van der Waals surface area contributed by atoms with Gasteiger partial charge in [-0.25, -0.2) is 14.8 Å². The molecule has 1 aliphatic carbocycles. The maximum Gasteiger partial charge on any atom is 2.00 e. The van der Waals surface area contributed by atoms with Crippen molar-refractivity contribution in [3.8, 4) is 28.3 Å². The van der Waals surface area contributed by atoms with Gasteiger partial charge in [-0.05, 0) is 36.6 Å². The molecule has 5 aromatic rings. The monoisotopic (exact) mass is 805 g/mol. The van der Waals surface area contributed by atoms with E-state index in [2.05, 4.69) is 15.2 Å². The fraction of sp³-hybridized carbons (Fsp3) is 0.297. The molecule has 2 aliphatic rings. The van der Waals surface area contributed by atoms with Crippen molar-refractivity contribution in [3.63, 3.8) is 0 Å². The van der Waals surface area contributed by atoms with E-state index in [9.17, 15) is 27.6 Å². The van der Waals surface area contributed by atoms with E-state index >= 15 is 0 Å². The molecule has 0 amide bonds. The number of benzene rings is 2. The average Bonchev–Trinajstić information content (AvgIpc) is 3.53. The maximum absolute atomic E-state index is 14.0. The minimum absolute atomic E-state index is 0. The Labute approximate surface area is 322 Å². The summed E-state index contributed by atoms with van der Waals surface area (Å²) >= 11 is 14.0. The number of aromatic nitrogens is 4. The second-order valence-corrected chi connectivity index (χ2v) is 13.6. The number of alkyl halides is 3. The molecular weight excluding hydrogens is 775 g/mol. The molecule has 1 saturated heterocycles. The van der Waals surface area contributed by atoms with Crippen LogP contribution in [0.2, 0.25) is 10.0 Å². The van der Waals surface area contributed by atoms with Gasteiger partial charge in [-0.15, -0.1) is 13.1 Å². The number of hydrogen-bond donors (Lipinski definition) is 1.